The van der Waals surface area contributed by atoms with Crippen LogP contribution < -0.4 is 4.74 Å². The molecular formula is C20H19F3N4OS. The summed E-state index contributed by atoms with van der Waals surface area (Å²) in [5, 5.41) is 0.570. The Bertz CT molecular complexity index is 1010. The molecule has 1 aliphatic carbocycles. The van der Waals surface area contributed by atoms with Gasteiger partial charge in [-0.3, -0.25) is 4.98 Å². The Labute approximate surface area is 170 Å². The molecule has 4 rings (SSSR count). The first-order valence-corrected chi connectivity index (χ1v) is 10.1. The molecule has 0 spiro atoms. The summed E-state index contributed by atoms with van der Waals surface area (Å²) in [6.07, 6.45) is 0.938. The van der Waals surface area contributed by atoms with Gasteiger partial charge in [0.2, 0.25) is 0 Å². The van der Waals surface area contributed by atoms with Crippen LogP contribution in [0.4, 0.5) is 13.2 Å². The third kappa shape index (κ3) is 4.55. The van der Waals surface area contributed by atoms with E-state index < -0.39 is 11.7 Å². The largest absolute Gasteiger partial charge is 0.488 e. The van der Waals surface area contributed by atoms with Gasteiger partial charge in [0.1, 0.15) is 10.8 Å². The minimum absolute atomic E-state index is 0.171. The van der Waals surface area contributed by atoms with Crippen molar-refractivity contribution in [2.24, 2.45) is 0 Å². The maximum absolute atomic E-state index is 13.4. The lowest BCUT2D eigenvalue weighted by molar-refractivity contribution is -0.138. The molecule has 0 radical (unpaired) electrons. The van der Waals surface area contributed by atoms with Crippen molar-refractivity contribution in [3.63, 3.8) is 0 Å². The SMILES string of the molecule is CC(C)c1cnc(Cc2nc(-c3ncccc3OC3CC3)ns2)cc1C(F)(F)F. The van der Waals surface area contributed by atoms with E-state index in [1.54, 1.807) is 26.1 Å². The molecule has 0 atom stereocenters. The van der Waals surface area contributed by atoms with E-state index in [1.807, 2.05) is 6.07 Å². The lowest BCUT2D eigenvalue weighted by Crippen LogP contribution is -2.12. The van der Waals surface area contributed by atoms with Crippen LogP contribution in [-0.2, 0) is 12.6 Å². The van der Waals surface area contributed by atoms with Gasteiger partial charge in [0.05, 0.1) is 11.7 Å². The van der Waals surface area contributed by atoms with Crippen LogP contribution in [0.1, 0.15) is 54.4 Å². The van der Waals surface area contributed by atoms with Gasteiger partial charge in [0.15, 0.2) is 11.5 Å². The summed E-state index contributed by atoms with van der Waals surface area (Å²) in [6, 6.07) is 4.72. The molecule has 0 amide bonds. The van der Waals surface area contributed by atoms with Crippen LogP contribution >= 0.6 is 11.5 Å². The fraction of sp³-hybridized carbons (Fsp3) is 0.400. The second-order valence-electron chi connectivity index (χ2n) is 7.27. The maximum atomic E-state index is 13.4. The molecule has 3 aromatic rings. The van der Waals surface area contributed by atoms with E-state index in [2.05, 4.69) is 19.3 Å². The predicted molar refractivity (Wildman–Crippen MR) is 103 cm³/mol. The molecule has 1 aliphatic rings. The molecule has 9 heteroatoms. The number of rotatable bonds is 6. The van der Waals surface area contributed by atoms with E-state index >= 15 is 0 Å². The number of halogens is 3. The van der Waals surface area contributed by atoms with Crippen molar-refractivity contribution in [2.45, 2.75) is 51.3 Å². The number of hydrogen-bond donors (Lipinski definition) is 0. The van der Waals surface area contributed by atoms with Gasteiger partial charge in [0, 0.05) is 24.5 Å². The average molecular weight is 420 g/mol. The van der Waals surface area contributed by atoms with Crippen LogP contribution in [0.5, 0.6) is 5.75 Å². The highest BCUT2D eigenvalue weighted by atomic mass is 32.1. The molecule has 29 heavy (non-hydrogen) atoms. The zero-order valence-corrected chi connectivity index (χ0v) is 16.7. The van der Waals surface area contributed by atoms with Crippen molar-refractivity contribution in [1.29, 1.82) is 0 Å². The van der Waals surface area contributed by atoms with Crippen molar-refractivity contribution in [3.8, 4) is 17.3 Å². The van der Waals surface area contributed by atoms with Gasteiger partial charge in [-0.25, -0.2) is 9.97 Å². The molecule has 0 bridgehead atoms. The predicted octanol–water partition coefficient (Wildman–Crippen LogP) is 5.27. The number of alkyl halides is 3. The monoisotopic (exact) mass is 420 g/mol. The standard InChI is InChI=1S/C20H19F3N4OS/c1-11(2)14-10-25-12(8-15(14)20(21,22)23)9-17-26-19(27-29-17)18-16(4-3-7-24-18)28-13-5-6-13/h3-4,7-8,10-11,13H,5-6,9H2,1-2H3. The first kappa shape index (κ1) is 19.8. The second kappa shape index (κ2) is 7.70. The maximum Gasteiger partial charge on any atom is 0.416 e. The number of ether oxygens (including phenoxy) is 1. The molecule has 5 nitrogen and oxygen atoms in total. The Hall–Kier alpha value is -2.55. The molecule has 0 saturated heterocycles. The van der Waals surface area contributed by atoms with E-state index in [1.165, 1.54) is 6.20 Å². The van der Waals surface area contributed by atoms with E-state index in [-0.39, 0.29) is 24.0 Å². The van der Waals surface area contributed by atoms with Crippen molar-refractivity contribution >= 4 is 11.5 Å². The molecule has 0 aliphatic heterocycles. The van der Waals surface area contributed by atoms with Gasteiger partial charge < -0.3 is 4.74 Å². The Kier molecular flexibility index (Phi) is 5.24. The van der Waals surface area contributed by atoms with Gasteiger partial charge in [-0.2, -0.15) is 17.5 Å². The van der Waals surface area contributed by atoms with Gasteiger partial charge in [-0.15, -0.1) is 0 Å². The van der Waals surface area contributed by atoms with E-state index in [9.17, 15) is 13.2 Å². The van der Waals surface area contributed by atoms with E-state index in [0.29, 0.717) is 28.0 Å². The zero-order chi connectivity index (χ0) is 20.6. The van der Waals surface area contributed by atoms with E-state index in [0.717, 1.165) is 30.4 Å². The molecule has 1 fully saturated rings. The first-order chi connectivity index (χ1) is 13.8. The van der Waals surface area contributed by atoms with Gasteiger partial charge in [-0.05, 0) is 54.1 Å². The molecule has 152 valence electrons. The van der Waals surface area contributed by atoms with Crippen LogP contribution in [0.2, 0.25) is 0 Å². The highest BCUT2D eigenvalue weighted by molar-refractivity contribution is 7.05. The lowest BCUT2D eigenvalue weighted by Gasteiger charge is -2.16. The number of hydrogen-bond acceptors (Lipinski definition) is 6. The number of nitrogens with zero attached hydrogens (tertiary/aromatic N) is 4. The average Bonchev–Trinajstić information content (AvgIpc) is 3.37. The lowest BCUT2D eigenvalue weighted by atomic mass is 9.98. The van der Waals surface area contributed by atoms with Crippen molar-refractivity contribution in [2.75, 3.05) is 0 Å². The smallest absolute Gasteiger partial charge is 0.416 e. The summed E-state index contributed by atoms with van der Waals surface area (Å²) in [5.41, 5.74) is 0.391. The van der Waals surface area contributed by atoms with Crippen molar-refractivity contribution < 1.29 is 17.9 Å². The highest BCUT2D eigenvalue weighted by Crippen LogP contribution is 2.36. The molecule has 3 aromatic heterocycles. The molecule has 0 N–H and O–H groups in total. The van der Waals surface area contributed by atoms with Crippen molar-refractivity contribution in [1.82, 2.24) is 19.3 Å². The summed E-state index contributed by atoms with van der Waals surface area (Å²) >= 11 is 1.13. The molecular weight excluding hydrogens is 401 g/mol. The normalized spacial score (nSPS) is 14.4. The second-order valence-corrected chi connectivity index (χ2v) is 8.11. The number of pyridine rings is 2. The quantitative estimate of drug-likeness (QED) is 0.544. The third-order valence-electron chi connectivity index (χ3n) is 4.52. The summed E-state index contributed by atoms with van der Waals surface area (Å²) in [7, 11) is 0. The minimum Gasteiger partial charge on any atom is -0.488 e. The van der Waals surface area contributed by atoms with Crippen LogP contribution in [0.15, 0.2) is 30.6 Å². The topological polar surface area (TPSA) is 60.8 Å². The third-order valence-corrected chi connectivity index (χ3v) is 5.23. The van der Waals surface area contributed by atoms with Crippen LogP contribution in [0, 0.1) is 0 Å². The van der Waals surface area contributed by atoms with Gasteiger partial charge >= 0.3 is 6.18 Å². The Balaban J connectivity index is 1.59. The molecule has 0 aromatic carbocycles. The Morgan fingerprint density at radius 3 is 2.72 bits per heavy atom. The first-order valence-electron chi connectivity index (χ1n) is 9.32. The van der Waals surface area contributed by atoms with Crippen LogP contribution in [0.3, 0.4) is 0 Å². The Morgan fingerprint density at radius 2 is 2.03 bits per heavy atom. The molecule has 0 unspecified atom stereocenters. The van der Waals surface area contributed by atoms with Crippen LogP contribution in [0.25, 0.3) is 11.5 Å². The molecule has 3 heterocycles. The summed E-state index contributed by atoms with van der Waals surface area (Å²) in [5.74, 6) is 0.768. The summed E-state index contributed by atoms with van der Waals surface area (Å²) in [6.45, 7) is 3.44. The van der Waals surface area contributed by atoms with Crippen LogP contribution in [-0.4, -0.2) is 25.4 Å². The van der Waals surface area contributed by atoms with Gasteiger partial charge in [0.25, 0.3) is 0 Å². The zero-order valence-electron chi connectivity index (χ0n) is 15.9. The van der Waals surface area contributed by atoms with E-state index in [4.69, 9.17) is 4.74 Å². The van der Waals surface area contributed by atoms with Crippen molar-refractivity contribution in [3.05, 3.63) is 52.4 Å². The summed E-state index contributed by atoms with van der Waals surface area (Å²) in [4.78, 5) is 13.0. The summed E-state index contributed by atoms with van der Waals surface area (Å²) < 4.78 is 50.5. The highest BCUT2D eigenvalue weighted by Gasteiger charge is 2.34. The minimum atomic E-state index is -4.42. The van der Waals surface area contributed by atoms with Gasteiger partial charge in [-0.1, -0.05) is 13.8 Å². The number of aromatic nitrogens is 4. The fourth-order valence-electron chi connectivity index (χ4n) is 2.91. The fourth-order valence-corrected chi connectivity index (χ4v) is 3.57. The molecule has 1 saturated carbocycles. The Morgan fingerprint density at radius 1 is 1.24 bits per heavy atom.